The van der Waals surface area contributed by atoms with Crippen LogP contribution < -0.4 is 15.0 Å². The first kappa shape index (κ1) is 22.0. The van der Waals surface area contributed by atoms with Crippen LogP contribution in [-0.4, -0.2) is 35.9 Å². The third kappa shape index (κ3) is 4.85. The molecule has 0 saturated carbocycles. The minimum atomic E-state index is -1.02. The summed E-state index contributed by atoms with van der Waals surface area (Å²) in [6.07, 6.45) is -0.221. The lowest BCUT2D eigenvalue weighted by Crippen LogP contribution is -2.37. The van der Waals surface area contributed by atoms with Crippen molar-refractivity contribution >= 4 is 29.2 Å². The van der Waals surface area contributed by atoms with Gasteiger partial charge in [0.1, 0.15) is 17.6 Å². The Balaban J connectivity index is 1.62. The predicted octanol–water partition coefficient (Wildman–Crippen LogP) is 4.20. The molecular weight excluding hydrogens is 425 g/mol. The number of nitrogens with one attached hydrogen (secondary N) is 1. The Labute approximate surface area is 190 Å². The van der Waals surface area contributed by atoms with E-state index in [0.29, 0.717) is 22.7 Å². The highest BCUT2D eigenvalue weighted by molar-refractivity contribution is 6.22. The summed E-state index contributed by atoms with van der Waals surface area (Å²) < 4.78 is 18.6. The van der Waals surface area contributed by atoms with E-state index >= 15 is 0 Å². The molecule has 4 rings (SSSR count). The van der Waals surface area contributed by atoms with Gasteiger partial charge in [-0.25, -0.2) is 14.1 Å². The van der Waals surface area contributed by atoms with Crippen LogP contribution in [0.25, 0.3) is 0 Å². The number of benzene rings is 3. The third-order valence-electron chi connectivity index (χ3n) is 5.33. The van der Waals surface area contributed by atoms with Crippen molar-refractivity contribution in [3.05, 3.63) is 90.2 Å². The number of urea groups is 1. The first-order valence-corrected chi connectivity index (χ1v) is 10.3. The van der Waals surface area contributed by atoms with Gasteiger partial charge in [-0.2, -0.15) is 0 Å². The van der Waals surface area contributed by atoms with Gasteiger partial charge in [-0.05, 0) is 42.0 Å². The number of carbonyl (C=O) groups excluding carboxylic acids is 3. The lowest BCUT2D eigenvalue weighted by atomic mass is 10.1. The summed E-state index contributed by atoms with van der Waals surface area (Å²) in [6, 6.07) is 19.5. The highest BCUT2D eigenvalue weighted by atomic mass is 19.1. The van der Waals surface area contributed by atoms with E-state index in [1.165, 1.54) is 24.1 Å². The van der Waals surface area contributed by atoms with Gasteiger partial charge in [-0.3, -0.25) is 9.59 Å². The SMILES string of the molecule is COc1cccc(N2C(=O)[C@H](CC(=O)Nc3ccccc3)N(Cc3ccc(F)cc3)C2=O)c1. The Kier molecular flexibility index (Phi) is 6.35. The van der Waals surface area contributed by atoms with Crippen molar-refractivity contribution in [2.75, 3.05) is 17.3 Å². The van der Waals surface area contributed by atoms with Crippen LogP contribution in [0.15, 0.2) is 78.9 Å². The number of nitrogens with zero attached hydrogens (tertiary/aromatic N) is 2. The monoisotopic (exact) mass is 447 g/mol. The average molecular weight is 447 g/mol. The van der Waals surface area contributed by atoms with Crippen molar-refractivity contribution in [3.8, 4) is 5.75 Å². The summed E-state index contributed by atoms with van der Waals surface area (Å²) >= 11 is 0. The quantitative estimate of drug-likeness (QED) is 0.551. The number of hydrogen-bond acceptors (Lipinski definition) is 4. The summed E-state index contributed by atoms with van der Waals surface area (Å²) in [5.74, 6) is -0.828. The molecule has 0 unspecified atom stereocenters. The van der Waals surface area contributed by atoms with Crippen LogP contribution in [-0.2, 0) is 16.1 Å². The van der Waals surface area contributed by atoms with Gasteiger partial charge in [0.05, 0.1) is 19.2 Å². The molecule has 1 fully saturated rings. The van der Waals surface area contributed by atoms with Gasteiger partial charge in [-0.15, -0.1) is 0 Å². The normalized spacial score (nSPS) is 15.6. The number of ether oxygens (including phenoxy) is 1. The molecule has 1 N–H and O–H groups in total. The van der Waals surface area contributed by atoms with Gasteiger partial charge in [0.15, 0.2) is 0 Å². The molecule has 7 nitrogen and oxygen atoms in total. The maximum Gasteiger partial charge on any atom is 0.332 e. The molecule has 4 amide bonds. The molecule has 3 aromatic carbocycles. The average Bonchev–Trinajstić information content (AvgIpc) is 3.05. The topological polar surface area (TPSA) is 79.0 Å². The molecular formula is C25H22FN3O4. The second kappa shape index (κ2) is 9.52. The Hall–Kier alpha value is -4.20. The number of anilines is 2. The van der Waals surface area contributed by atoms with Gasteiger partial charge in [0.25, 0.3) is 5.91 Å². The second-order valence-corrected chi connectivity index (χ2v) is 7.55. The summed E-state index contributed by atoms with van der Waals surface area (Å²) in [5.41, 5.74) is 1.58. The number of para-hydroxylation sites is 1. The lowest BCUT2D eigenvalue weighted by molar-refractivity contribution is -0.124. The number of rotatable bonds is 7. The molecule has 1 aliphatic heterocycles. The van der Waals surface area contributed by atoms with E-state index in [1.807, 2.05) is 6.07 Å². The summed E-state index contributed by atoms with van der Waals surface area (Å²) in [5, 5.41) is 2.75. The molecule has 3 aromatic rings. The van der Waals surface area contributed by atoms with Crippen LogP contribution in [0.4, 0.5) is 20.6 Å². The van der Waals surface area contributed by atoms with Gasteiger partial charge < -0.3 is 15.0 Å². The van der Waals surface area contributed by atoms with Crippen molar-refractivity contribution in [1.29, 1.82) is 0 Å². The third-order valence-corrected chi connectivity index (χ3v) is 5.33. The molecule has 0 spiro atoms. The first-order chi connectivity index (χ1) is 16.0. The minimum Gasteiger partial charge on any atom is -0.497 e. The Bertz CT molecular complexity index is 1170. The van der Waals surface area contributed by atoms with Crippen LogP contribution in [0.5, 0.6) is 5.75 Å². The highest BCUT2D eigenvalue weighted by Crippen LogP contribution is 2.30. The first-order valence-electron chi connectivity index (χ1n) is 10.3. The molecule has 33 heavy (non-hydrogen) atoms. The smallest absolute Gasteiger partial charge is 0.332 e. The fourth-order valence-corrected chi connectivity index (χ4v) is 3.70. The summed E-state index contributed by atoms with van der Waals surface area (Å²) in [4.78, 5) is 41.8. The zero-order chi connectivity index (χ0) is 23.4. The zero-order valence-electron chi connectivity index (χ0n) is 17.9. The van der Waals surface area contributed by atoms with E-state index in [9.17, 15) is 18.8 Å². The Morgan fingerprint density at radius 3 is 2.42 bits per heavy atom. The summed E-state index contributed by atoms with van der Waals surface area (Å²) in [7, 11) is 1.49. The maximum atomic E-state index is 13.3. The molecule has 1 atom stereocenters. The van der Waals surface area contributed by atoms with Gasteiger partial charge in [-0.1, -0.05) is 36.4 Å². The van der Waals surface area contributed by atoms with Crippen molar-refractivity contribution in [2.45, 2.75) is 19.0 Å². The van der Waals surface area contributed by atoms with E-state index < -0.39 is 29.7 Å². The predicted molar refractivity (Wildman–Crippen MR) is 121 cm³/mol. The van der Waals surface area contributed by atoms with Crippen LogP contribution in [0.3, 0.4) is 0 Å². The number of imide groups is 1. The molecule has 1 aliphatic rings. The van der Waals surface area contributed by atoms with Gasteiger partial charge in [0, 0.05) is 18.3 Å². The molecule has 8 heteroatoms. The Morgan fingerprint density at radius 2 is 1.73 bits per heavy atom. The molecule has 0 radical (unpaired) electrons. The number of carbonyl (C=O) groups is 3. The molecule has 168 valence electrons. The van der Waals surface area contributed by atoms with E-state index in [1.54, 1.807) is 60.7 Å². The van der Waals surface area contributed by atoms with Crippen molar-refractivity contribution < 1.29 is 23.5 Å². The molecule has 1 saturated heterocycles. The van der Waals surface area contributed by atoms with Crippen LogP contribution in [0.1, 0.15) is 12.0 Å². The minimum absolute atomic E-state index is 0.0502. The van der Waals surface area contributed by atoms with Crippen LogP contribution >= 0.6 is 0 Å². The summed E-state index contributed by atoms with van der Waals surface area (Å²) in [6.45, 7) is 0.0502. The molecule has 1 heterocycles. The van der Waals surface area contributed by atoms with Crippen LogP contribution in [0, 0.1) is 5.82 Å². The van der Waals surface area contributed by atoms with E-state index in [2.05, 4.69) is 5.32 Å². The lowest BCUT2D eigenvalue weighted by Gasteiger charge is -2.21. The molecule has 0 aromatic heterocycles. The van der Waals surface area contributed by atoms with Crippen molar-refractivity contribution in [3.63, 3.8) is 0 Å². The number of methoxy groups -OCH3 is 1. The van der Waals surface area contributed by atoms with Crippen LogP contribution in [0.2, 0.25) is 0 Å². The molecule has 0 bridgehead atoms. The second-order valence-electron chi connectivity index (χ2n) is 7.55. The number of halogens is 1. The highest BCUT2D eigenvalue weighted by Gasteiger charge is 2.46. The van der Waals surface area contributed by atoms with E-state index in [-0.39, 0.29) is 13.0 Å². The van der Waals surface area contributed by atoms with Crippen molar-refractivity contribution in [1.82, 2.24) is 4.90 Å². The van der Waals surface area contributed by atoms with Gasteiger partial charge >= 0.3 is 6.03 Å². The number of hydrogen-bond donors (Lipinski definition) is 1. The number of amides is 4. The standard InChI is InChI=1S/C25H22FN3O4/c1-33-21-9-5-8-20(14-21)29-24(31)22(15-23(30)27-19-6-3-2-4-7-19)28(25(29)32)16-17-10-12-18(26)13-11-17/h2-14,22H,15-16H2,1H3,(H,27,30)/t22-/m0/s1. The largest absolute Gasteiger partial charge is 0.497 e. The van der Waals surface area contributed by atoms with Gasteiger partial charge in [0.2, 0.25) is 5.91 Å². The van der Waals surface area contributed by atoms with E-state index in [0.717, 1.165) is 4.90 Å². The van der Waals surface area contributed by atoms with Crippen molar-refractivity contribution in [2.24, 2.45) is 0 Å². The maximum absolute atomic E-state index is 13.3. The van der Waals surface area contributed by atoms with E-state index in [4.69, 9.17) is 4.74 Å². The zero-order valence-corrected chi connectivity index (χ0v) is 17.9. The Morgan fingerprint density at radius 1 is 1.00 bits per heavy atom. The fraction of sp³-hybridized carbons (Fsp3) is 0.160. The fourth-order valence-electron chi connectivity index (χ4n) is 3.70. The molecule has 0 aliphatic carbocycles.